The molecule has 1 aliphatic heterocycles. The van der Waals surface area contributed by atoms with Gasteiger partial charge in [-0.3, -0.25) is 0 Å². The first-order valence-corrected chi connectivity index (χ1v) is 10.9. The Bertz CT molecular complexity index is 1120. The Hall–Kier alpha value is -2.31. The van der Waals surface area contributed by atoms with Gasteiger partial charge in [-0.25, -0.2) is 8.42 Å². The van der Waals surface area contributed by atoms with Gasteiger partial charge >= 0.3 is 0 Å². The lowest BCUT2D eigenvalue weighted by Gasteiger charge is -2.27. The molecule has 0 radical (unpaired) electrons. The molecule has 2 aromatic carbocycles. The Balaban J connectivity index is 1.71. The van der Waals surface area contributed by atoms with E-state index in [0.717, 1.165) is 22.2 Å². The highest BCUT2D eigenvalue weighted by Gasteiger charge is 2.30. The van der Waals surface area contributed by atoms with Crippen LogP contribution in [0, 0.1) is 0 Å². The first-order chi connectivity index (χ1) is 13.2. The number of hydrogen-bond donors (Lipinski definition) is 1. The summed E-state index contributed by atoms with van der Waals surface area (Å²) >= 11 is 0. The third kappa shape index (κ3) is 3.20. The van der Waals surface area contributed by atoms with Gasteiger partial charge in [-0.15, -0.1) is 0 Å². The molecule has 2 heterocycles. The monoisotopic (exact) mass is 398 g/mol. The first kappa shape index (κ1) is 19.0. The van der Waals surface area contributed by atoms with Gasteiger partial charge in [-0.1, -0.05) is 26.8 Å². The van der Waals surface area contributed by atoms with Crippen molar-refractivity contribution in [1.29, 1.82) is 0 Å². The summed E-state index contributed by atoms with van der Waals surface area (Å²) in [6, 6.07) is 13.0. The lowest BCUT2D eigenvalue weighted by molar-refractivity contribution is 0.391. The Kier molecular flexibility index (Phi) is 4.51. The van der Waals surface area contributed by atoms with Crippen molar-refractivity contribution in [2.75, 3.05) is 13.7 Å². The lowest BCUT2D eigenvalue weighted by atomic mass is 9.86. The Morgan fingerprint density at radius 3 is 2.43 bits per heavy atom. The van der Waals surface area contributed by atoms with Gasteiger partial charge in [-0.2, -0.15) is 4.31 Å². The molecule has 1 N–H and O–H groups in total. The van der Waals surface area contributed by atoms with Crippen molar-refractivity contribution in [3.05, 3.63) is 59.3 Å². The molecule has 0 aliphatic carbocycles. The van der Waals surface area contributed by atoms with E-state index < -0.39 is 10.0 Å². The smallest absolute Gasteiger partial charge is 0.243 e. The highest BCUT2D eigenvalue weighted by atomic mass is 32.2. The Labute approximate surface area is 166 Å². The normalized spacial score (nSPS) is 15.6. The lowest BCUT2D eigenvalue weighted by Crippen LogP contribution is -2.35. The molecule has 0 amide bonds. The number of rotatable bonds is 3. The van der Waals surface area contributed by atoms with Crippen LogP contribution in [-0.2, 0) is 28.4 Å². The number of hydrogen-bond acceptors (Lipinski definition) is 3. The number of H-pyrrole nitrogens is 1. The van der Waals surface area contributed by atoms with Crippen molar-refractivity contribution in [3.8, 4) is 5.75 Å². The van der Waals surface area contributed by atoms with Crippen molar-refractivity contribution < 1.29 is 13.2 Å². The van der Waals surface area contributed by atoms with E-state index in [4.69, 9.17) is 4.74 Å². The highest BCUT2D eigenvalue weighted by molar-refractivity contribution is 7.89. The van der Waals surface area contributed by atoms with Gasteiger partial charge in [0.2, 0.25) is 10.0 Å². The van der Waals surface area contributed by atoms with Gasteiger partial charge < -0.3 is 9.72 Å². The standard InChI is InChI=1S/C22H26N2O3S/c1-22(2,3)15-5-10-20-18(13-15)19-14-24(12-11-21(19)23-20)28(25,26)17-8-6-16(27-4)7-9-17/h5-10,13,23H,11-12,14H2,1-4H3. The molecule has 0 bridgehead atoms. The van der Waals surface area contributed by atoms with E-state index in [9.17, 15) is 8.42 Å². The molecule has 1 aromatic heterocycles. The largest absolute Gasteiger partial charge is 0.497 e. The molecule has 0 fully saturated rings. The minimum Gasteiger partial charge on any atom is -0.497 e. The Morgan fingerprint density at radius 1 is 1.07 bits per heavy atom. The molecule has 148 valence electrons. The molecule has 0 unspecified atom stereocenters. The molecule has 4 rings (SSSR count). The van der Waals surface area contributed by atoms with Gasteiger partial charge in [0.25, 0.3) is 0 Å². The van der Waals surface area contributed by atoms with Crippen LogP contribution in [-0.4, -0.2) is 31.4 Å². The number of ether oxygens (including phenoxy) is 1. The zero-order chi connectivity index (χ0) is 20.1. The van der Waals surface area contributed by atoms with E-state index >= 15 is 0 Å². The summed E-state index contributed by atoms with van der Waals surface area (Å²) in [6.45, 7) is 7.42. The average Bonchev–Trinajstić information content (AvgIpc) is 3.04. The third-order valence-corrected chi connectivity index (χ3v) is 7.36. The van der Waals surface area contributed by atoms with Crippen LogP contribution >= 0.6 is 0 Å². The summed E-state index contributed by atoms with van der Waals surface area (Å²) in [7, 11) is -1.98. The number of benzene rings is 2. The summed E-state index contributed by atoms with van der Waals surface area (Å²) in [5, 5.41) is 1.12. The molecule has 1 aliphatic rings. The summed E-state index contributed by atoms with van der Waals surface area (Å²) in [6.07, 6.45) is 0.685. The van der Waals surface area contributed by atoms with E-state index in [0.29, 0.717) is 30.2 Å². The fraction of sp³-hybridized carbons (Fsp3) is 0.364. The highest BCUT2D eigenvalue weighted by Crippen LogP contribution is 2.33. The number of aromatic nitrogens is 1. The Morgan fingerprint density at radius 2 is 1.79 bits per heavy atom. The van der Waals surface area contributed by atoms with E-state index in [1.54, 1.807) is 35.7 Å². The molecule has 0 saturated carbocycles. The van der Waals surface area contributed by atoms with Crippen molar-refractivity contribution in [3.63, 3.8) is 0 Å². The fourth-order valence-electron chi connectivity index (χ4n) is 3.76. The van der Waals surface area contributed by atoms with E-state index in [-0.39, 0.29) is 5.41 Å². The molecular weight excluding hydrogens is 372 g/mol. The number of nitrogens with zero attached hydrogens (tertiary/aromatic N) is 1. The van der Waals surface area contributed by atoms with Crippen LogP contribution in [0.5, 0.6) is 5.75 Å². The van der Waals surface area contributed by atoms with Crippen molar-refractivity contribution in [1.82, 2.24) is 9.29 Å². The molecule has 0 atom stereocenters. The summed E-state index contributed by atoms with van der Waals surface area (Å²) in [5.41, 5.74) is 4.59. The molecular formula is C22H26N2O3S. The van der Waals surface area contributed by atoms with Gasteiger partial charge in [-0.05, 0) is 52.9 Å². The van der Waals surface area contributed by atoms with Gasteiger partial charge in [0.05, 0.1) is 12.0 Å². The van der Waals surface area contributed by atoms with Gasteiger partial charge in [0, 0.05) is 36.1 Å². The molecule has 3 aromatic rings. The molecule has 28 heavy (non-hydrogen) atoms. The molecule has 0 spiro atoms. The number of methoxy groups -OCH3 is 1. The van der Waals surface area contributed by atoms with Crippen LogP contribution in [0.3, 0.4) is 0 Å². The maximum atomic E-state index is 13.2. The van der Waals surface area contributed by atoms with Crippen LogP contribution in [0.1, 0.15) is 37.6 Å². The third-order valence-electron chi connectivity index (χ3n) is 5.50. The number of sulfonamides is 1. The minimum atomic E-state index is -3.55. The average molecular weight is 399 g/mol. The second kappa shape index (κ2) is 6.64. The SMILES string of the molecule is COc1ccc(S(=O)(=O)N2CCc3[nH]c4ccc(C(C)(C)C)cc4c3C2)cc1. The number of aromatic amines is 1. The topological polar surface area (TPSA) is 62.4 Å². The van der Waals surface area contributed by atoms with Gasteiger partial charge in [0.1, 0.15) is 5.75 Å². The predicted molar refractivity (Wildman–Crippen MR) is 111 cm³/mol. The quantitative estimate of drug-likeness (QED) is 0.718. The second-order valence-corrected chi connectivity index (χ2v) is 10.3. The second-order valence-electron chi connectivity index (χ2n) is 8.36. The molecule has 5 nitrogen and oxygen atoms in total. The number of fused-ring (bicyclic) bond motifs is 3. The van der Waals surface area contributed by atoms with Crippen molar-refractivity contribution in [2.45, 2.75) is 44.0 Å². The summed E-state index contributed by atoms with van der Waals surface area (Å²) in [5.74, 6) is 0.645. The van der Waals surface area contributed by atoms with Crippen molar-refractivity contribution >= 4 is 20.9 Å². The van der Waals surface area contributed by atoms with Gasteiger partial charge in [0.15, 0.2) is 0 Å². The fourth-order valence-corrected chi connectivity index (χ4v) is 5.17. The van der Waals surface area contributed by atoms with E-state index in [1.807, 2.05) is 0 Å². The maximum absolute atomic E-state index is 13.2. The maximum Gasteiger partial charge on any atom is 0.243 e. The zero-order valence-corrected chi connectivity index (χ0v) is 17.6. The van der Waals surface area contributed by atoms with Crippen LogP contribution in [0.4, 0.5) is 0 Å². The van der Waals surface area contributed by atoms with E-state index in [1.165, 1.54) is 5.56 Å². The van der Waals surface area contributed by atoms with Crippen molar-refractivity contribution in [2.24, 2.45) is 0 Å². The van der Waals surface area contributed by atoms with Crippen LogP contribution in [0.2, 0.25) is 0 Å². The summed E-state index contributed by atoms with van der Waals surface area (Å²) < 4.78 is 33.0. The number of nitrogens with one attached hydrogen (secondary N) is 1. The minimum absolute atomic E-state index is 0.0435. The molecule has 0 saturated heterocycles. The summed E-state index contributed by atoms with van der Waals surface area (Å²) in [4.78, 5) is 3.78. The molecule has 6 heteroatoms. The first-order valence-electron chi connectivity index (χ1n) is 9.48. The predicted octanol–water partition coefficient (Wildman–Crippen LogP) is 4.22. The van der Waals surface area contributed by atoms with Crippen LogP contribution < -0.4 is 4.74 Å². The zero-order valence-electron chi connectivity index (χ0n) is 16.7. The van der Waals surface area contributed by atoms with Crippen LogP contribution in [0.25, 0.3) is 10.9 Å². The van der Waals surface area contributed by atoms with E-state index in [2.05, 4.69) is 44.0 Å². The van der Waals surface area contributed by atoms with Crippen LogP contribution in [0.15, 0.2) is 47.4 Å².